The Balaban J connectivity index is 1.39. The predicted octanol–water partition coefficient (Wildman–Crippen LogP) is 4.11. The van der Waals surface area contributed by atoms with Gasteiger partial charge in [-0.15, -0.1) is 0 Å². The van der Waals surface area contributed by atoms with Crippen molar-refractivity contribution in [2.45, 2.75) is 30.6 Å². The van der Waals surface area contributed by atoms with Crippen LogP contribution in [0.5, 0.6) is 0 Å². The fourth-order valence-electron chi connectivity index (χ4n) is 4.17. The number of amides is 1. The first-order chi connectivity index (χ1) is 16.9. The Labute approximate surface area is 199 Å². The molecule has 1 aliphatic carbocycles. The molecule has 2 aromatic carbocycles. The fraction of sp³-hybridized carbons (Fsp3) is 0.250. The van der Waals surface area contributed by atoms with Crippen LogP contribution in [0.15, 0.2) is 64.2 Å². The number of halogens is 6. The van der Waals surface area contributed by atoms with Crippen LogP contribution in [-0.4, -0.2) is 12.6 Å². The zero-order valence-corrected chi connectivity index (χ0v) is 18.4. The number of nitrogens with one attached hydrogen (secondary N) is 1. The van der Waals surface area contributed by atoms with Crippen molar-refractivity contribution in [3.63, 3.8) is 0 Å². The van der Waals surface area contributed by atoms with E-state index in [1.807, 2.05) is 0 Å². The van der Waals surface area contributed by atoms with E-state index >= 15 is 0 Å². The van der Waals surface area contributed by atoms with Crippen molar-refractivity contribution in [1.82, 2.24) is 0 Å². The van der Waals surface area contributed by atoms with Crippen molar-refractivity contribution in [2.75, 3.05) is 16.9 Å². The Bertz CT molecular complexity index is 1420. The Hall–Kier alpha value is -3.96. The number of furan rings is 1. The van der Waals surface area contributed by atoms with Gasteiger partial charge >= 0.3 is 12.4 Å². The van der Waals surface area contributed by atoms with Crippen LogP contribution in [0.4, 0.5) is 37.7 Å². The maximum Gasteiger partial charge on any atom is 0.416 e. The number of anilines is 2. The van der Waals surface area contributed by atoms with E-state index in [4.69, 9.17) is 10.2 Å². The topological polar surface area (TPSA) is 83.9 Å². The van der Waals surface area contributed by atoms with Crippen LogP contribution in [0.2, 0.25) is 0 Å². The summed E-state index contributed by atoms with van der Waals surface area (Å²) in [6.45, 7) is 0.207. The lowest BCUT2D eigenvalue weighted by atomic mass is 9.91. The number of nitrogens with two attached hydrogens (primary N) is 1. The Morgan fingerprint density at radius 2 is 1.58 bits per heavy atom. The first kappa shape index (κ1) is 23.8. The number of hydrogen-bond donors (Lipinski definition) is 2. The van der Waals surface area contributed by atoms with Crippen LogP contribution in [0.3, 0.4) is 0 Å². The van der Waals surface area contributed by atoms with Crippen LogP contribution < -0.4 is 26.7 Å². The van der Waals surface area contributed by atoms with Crippen molar-refractivity contribution in [3.05, 3.63) is 82.3 Å². The number of carbonyl (C=O) groups excluding carboxylic acids is 1. The summed E-state index contributed by atoms with van der Waals surface area (Å²) >= 11 is 0. The lowest BCUT2D eigenvalue weighted by molar-refractivity contribution is -0.143. The summed E-state index contributed by atoms with van der Waals surface area (Å²) in [6, 6.07) is 9.42. The summed E-state index contributed by atoms with van der Waals surface area (Å²) < 4.78 is 84.9. The fourth-order valence-corrected chi connectivity index (χ4v) is 4.17. The average Bonchev–Trinajstić information content (AvgIpc) is 3.49. The van der Waals surface area contributed by atoms with Crippen molar-refractivity contribution in [2.24, 2.45) is 10.7 Å². The van der Waals surface area contributed by atoms with Crippen molar-refractivity contribution in [1.29, 1.82) is 0 Å². The Morgan fingerprint density at radius 1 is 0.972 bits per heavy atom. The monoisotopic (exact) mass is 508 g/mol. The van der Waals surface area contributed by atoms with E-state index in [1.165, 1.54) is 6.26 Å². The van der Waals surface area contributed by atoms with Gasteiger partial charge in [0.2, 0.25) is 11.5 Å². The number of alkyl halides is 6. The van der Waals surface area contributed by atoms with Gasteiger partial charge in [0.25, 0.3) is 0 Å². The maximum absolute atomic E-state index is 13.3. The van der Waals surface area contributed by atoms with Gasteiger partial charge in [-0.25, -0.2) is 4.99 Å². The lowest BCUT2D eigenvalue weighted by Gasteiger charge is -2.24. The van der Waals surface area contributed by atoms with Gasteiger partial charge in [-0.1, -0.05) is 0 Å². The van der Waals surface area contributed by atoms with E-state index in [-0.39, 0.29) is 31.1 Å². The maximum atomic E-state index is 13.3. The van der Waals surface area contributed by atoms with Gasteiger partial charge in [0.1, 0.15) is 12.5 Å². The second-order valence-corrected chi connectivity index (χ2v) is 8.63. The molecule has 5 rings (SSSR count). The molecule has 12 heteroatoms. The third-order valence-corrected chi connectivity index (χ3v) is 6.33. The highest BCUT2D eigenvalue weighted by atomic mass is 19.4. The summed E-state index contributed by atoms with van der Waals surface area (Å²) in [5.74, 6) is -0.253. The molecule has 0 radical (unpaired) electrons. The van der Waals surface area contributed by atoms with Crippen LogP contribution in [0.25, 0.3) is 5.82 Å². The van der Waals surface area contributed by atoms with Crippen LogP contribution >= 0.6 is 0 Å². The quantitative estimate of drug-likeness (QED) is 0.520. The molecule has 0 saturated heterocycles. The number of nitrogens with zero attached hydrogens (tertiary/aromatic N) is 2. The molecular weight excluding hydrogens is 490 g/mol. The zero-order valence-electron chi connectivity index (χ0n) is 18.4. The normalized spacial score (nSPS) is 16.8. The largest absolute Gasteiger partial charge is 0.446 e. The molecule has 3 aromatic rings. The van der Waals surface area contributed by atoms with Gasteiger partial charge in [-0.3, -0.25) is 4.79 Å². The number of benzene rings is 2. The van der Waals surface area contributed by atoms with E-state index in [0.29, 0.717) is 40.1 Å². The highest BCUT2D eigenvalue weighted by Gasteiger charge is 2.53. The minimum atomic E-state index is -4.99. The highest BCUT2D eigenvalue weighted by Crippen LogP contribution is 2.51. The molecule has 0 spiro atoms. The molecular formula is C24H18F6N4O2. The van der Waals surface area contributed by atoms with Gasteiger partial charge in [0.15, 0.2) is 0 Å². The first-order valence-corrected chi connectivity index (χ1v) is 10.8. The summed E-state index contributed by atoms with van der Waals surface area (Å²) in [7, 11) is 0. The summed E-state index contributed by atoms with van der Waals surface area (Å²) in [5.41, 5.74) is 2.93. The second kappa shape index (κ2) is 8.04. The molecule has 2 heterocycles. The molecule has 1 amide bonds. The minimum absolute atomic E-state index is 0.0539. The summed E-state index contributed by atoms with van der Waals surface area (Å²) in [5, 5.41) is 3.25. The molecule has 1 aliphatic heterocycles. The molecule has 2 aliphatic rings. The molecule has 3 N–H and O–H groups in total. The van der Waals surface area contributed by atoms with E-state index in [1.54, 1.807) is 35.2 Å². The molecule has 1 aromatic heterocycles. The molecule has 188 valence electrons. The second-order valence-electron chi connectivity index (χ2n) is 8.63. The molecule has 0 atom stereocenters. The van der Waals surface area contributed by atoms with Crippen LogP contribution in [0.1, 0.15) is 29.5 Å². The summed E-state index contributed by atoms with van der Waals surface area (Å²) in [4.78, 5) is 19.0. The SMILES string of the molecule is NC1=c2ccoc2=NCN1c1ccc(NC(=O)C2(c3cc(C(F)(F)F)cc(C(F)(F)F)c3)CC2)cc1. The van der Waals surface area contributed by atoms with Gasteiger partial charge in [0.05, 0.1) is 28.0 Å². The smallest absolute Gasteiger partial charge is 0.416 e. The number of carbonyl (C=O) groups is 1. The molecule has 36 heavy (non-hydrogen) atoms. The van der Waals surface area contributed by atoms with Crippen LogP contribution in [-0.2, 0) is 22.6 Å². The third kappa shape index (κ3) is 4.16. The van der Waals surface area contributed by atoms with E-state index in [9.17, 15) is 31.1 Å². The highest BCUT2D eigenvalue weighted by molar-refractivity contribution is 6.01. The molecule has 0 bridgehead atoms. The van der Waals surface area contributed by atoms with E-state index in [0.717, 1.165) is 0 Å². The zero-order chi connectivity index (χ0) is 25.9. The molecule has 1 fully saturated rings. The van der Waals surface area contributed by atoms with Gasteiger partial charge < -0.3 is 20.4 Å². The van der Waals surface area contributed by atoms with E-state index < -0.39 is 34.8 Å². The minimum Gasteiger partial charge on any atom is -0.446 e. The number of fused-ring (bicyclic) bond motifs is 1. The predicted molar refractivity (Wildman–Crippen MR) is 117 cm³/mol. The Morgan fingerprint density at radius 3 is 2.14 bits per heavy atom. The third-order valence-electron chi connectivity index (χ3n) is 6.33. The number of rotatable bonds is 4. The van der Waals surface area contributed by atoms with Crippen molar-refractivity contribution in [3.8, 4) is 0 Å². The van der Waals surface area contributed by atoms with Gasteiger partial charge in [-0.2, -0.15) is 26.3 Å². The van der Waals surface area contributed by atoms with Crippen molar-refractivity contribution >= 4 is 23.1 Å². The van der Waals surface area contributed by atoms with Crippen molar-refractivity contribution < 1.29 is 35.6 Å². The first-order valence-electron chi connectivity index (χ1n) is 10.8. The molecule has 0 unspecified atom stereocenters. The van der Waals surface area contributed by atoms with Gasteiger partial charge in [0, 0.05) is 11.4 Å². The average molecular weight is 508 g/mol. The standard InChI is InChI=1S/C24H18F6N4O2/c25-23(26,27)14-9-13(10-15(11-14)24(28,29)30)22(6-7-22)21(35)33-16-1-3-17(4-2-16)34-12-32-20-18(19(34)31)5-8-36-20/h1-5,8-11H,6-7,12,31H2,(H,33,35). The van der Waals surface area contributed by atoms with Crippen LogP contribution in [0, 0.1) is 0 Å². The summed E-state index contributed by atoms with van der Waals surface area (Å²) in [6.07, 6.45) is -8.25. The molecule has 6 nitrogen and oxygen atoms in total. The van der Waals surface area contributed by atoms with Gasteiger partial charge in [-0.05, 0) is 66.9 Å². The molecule has 1 saturated carbocycles. The number of hydrogen-bond acceptors (Lipinski definition) is 5. The Kier molecular flexibility index (Phi) is 5.31. The van der Waals surface area contributed by atoms with E-state index in [2.05, 4.69) is 10.3 Å². The lowest BCUT2D eigenvalue weighted by Crippen LogP contribution is -2.42.